The van der Waals surface area contributed by atoms with E-state index in [1.54, 1.807) is 6.07 Å². The van der Waals surface area contributed by atoms with Gasteiger partial charge in [0.25, 0.3) is 0 Å². The largest absolute Gasteiger partial charge is 0.357 e. The quantitative estimate of drug-likeness (QED) is 0.858. The molecule has 18 heavy (non-hydrogen) atoms. The van der Waals surface area contributed by atoms with Gasteiger partial charge >= 0.3 is 0 Å². The molecule has 0 saturated heterocycles. The standard InChI is InChI=1S/C14H16Cl2N2/c1-2-17-9-3-4-13-10(7-9)11-5-8(15)6-12(16)14(11)18-13/h5-6,9,17-18H,2-4,7H2,1H3. The minimum absolute atomic E-state index is 0.569. The minimum atomic E-state index is 0.569. The van der Waals surface area contributed by atoms with E-state index in [0.29, 0.717) is 16.1 Å². The Hall–Kier alpha value is -0.700. The van der Waals surface area contributed by atoms with Crippen LogP contribution in [0.1, 0.15) is 24.6 Å². The third-order valence-electron chi connectivity index (χ3n) is 3.71. The van der Waals surface area contributed by atoms with Crippen molar-refractivity contribution >= 4 is 34.1 Å². The molecular weight excluding hydrogens is 267 g/mol. The smallest absolute Gasteiger partial charge is 0.0662 e. The van der Waals surface area contributed by atoms with Crippen molar-refractivity contribution in [3.8, 4) is 0 Å². The Labute approximate surface area is 117 Å². The molecule has 0 spiro atoms. The van der Waals surface area contributed by atoms with Crippen molar-refractivity contribution in [2.24, 2.45) is 0 Å². The molecule has 0 radical (unpaired) electrons. The number of aromatic amines is 1. The van der Waals surface area contributed by atoms with E-state index in [2.05, 4.69) is 17.2 Å². The maximum absolute atomic E-state index is 6.25. The van der Waals surface area contributed by atoms with Crippen LogP contribution in [0.2, 0.25) is 10.0 Å². The van der Waals surface area contributed by atoms with Crippen molar-refractivity contribution < 1.29 is 0 Å². The highest BCUT2D eigenvalue weighted by Gasteiger charge is 2.22. The third-order valence-corrected chi connectivity index (χ3v) is 4.22. The second kappa shape index (κ2) is 4.76. The maximum atomic E-state index is 6.25. The Balaban J connectivity index is 2.09. The molecule has 96 valence electrons. The molecule has 1 aliphatic rings. The zero-order valence-electron chi connectivity index (χ0n) is 10.3. The molecule has 0 aliphatic heterocycles. The molecule has 2 N–H and O–H groups in total. The van der Waals surface area contributed by atoms with E-state index in [9.17, 15) is 0 Å². The van der Waals surface area contributed by atoms with Crippen LogP contribution in [-0.2, 0) is 12.8 Å². The monoisotopic (exact) mass is 282 g/mol. The van der Waals surface area contributed by atoms with Gasteiger partial charge in [0, 0.05) is 22.1 Å². The molecule has 0 amide bonds. The van der Waals surface area contributed by atoms with Gasteiger partial charge in [-0.3, -0.25) is 0 Å². The van der Waals surface area contributed by atoms with Gasteiger partial charge in [-0.2, -0.15) is 0 Å². The summed E-state index contributed by atoms with van der Waals surface area (Å²) < 4.78 is 0. The Kier molecular flexibility index (Phi) is 3.27. The molecule has 1 heterocycles. The van der Waals surface area contributed by atoms with Gasteiger partial charge in [-0.05, 0) is 43.5 Å². The highest BCUT2D eigenvalue weighted by Crippen LogP contribution is 2.34. The van der Waals surface area contributed by atoms with Gasteiger partial charge < -0.3 is 10.3 Å². The molecule has 1 unspecified atom stereocenters. The molecule has 1 atom stereocenters. The van der Waals surface area contributed by atoms with Crippen LogP contribution in [0.3, 0.4) is 0 Å². The third kappa shape index (κ3) is 2.03. The summed E-state index contributed by atoms with van der Waals surface area (Å²) in [5, 5.41) is 6.14. The van der Waals surface area contributed by atoms with Crippen molar-refractivity contribution in [3.05, 3.63) is 33.4 Å². The molecule has 1 aromatic carbocycles. The average Bonchev–Trinajstić information content (AvgIpc) is 2.68. The van der Waals surface area contributed by atoms with Crippen molar-refractivity contribution in [1.82, 2.24) is 10.3 Å². The Bertz CT molecular complexity index is 589. The van der Waals surface area contributed by atoms with Crippen LogP contribution in [0, 0.1) is 0 Å². The number of aromatic nitrogens is 1. The van der Waals surface area contributed by atoms with E-state index >= 15 is 0 Å². The first-order chi connectivity index (χ1) is 8.69. The van der Waals surface area contributed by atoms with Gasteiger partial charge in [-0.25, -0.2) is 0 Å². The second-order valence-corrected chi connectivity index (χ2v) is 5.73. The Morgan fingerprint density at radius 2 is 2.22 bits per heavy atom. The van der Waals surface area contributed by atoms with Crippen molar-refractivity contribution in [2.45, 2.75) is 32.2 Å². The molecule has 3 rings (SSSR count). The fourth-order valence-corrected chi connectivity index (χ4v) is 3.44. The number of likely N-dealkylation sites (N-methyl/N-ethyl adjacent to an activating group) is 1. The van der Waals surface area contributed by atoms with E-state index in [1.807, 2.05) is 6.07 Å². The zero-order valence-corrected chi connectivity index (χ0v) is 11.8. The van der Waals surface area contributed by atoms with Crippen LogP contribution >= 0.6 is 23.2 Å². The van der Waals surface area contributed by atoms with Crippen LogP contribution in [0.4, 0.5) is 0 Å². The van der Waals surface area contributed by atoms with Crippen LogP contribution in [0.25, 0.3) is 10.9 Å². The van der Waals surface area contributed by atoms with Crippen LogP contribution in [0.15, 0.2) is 12.1 Å². The molecular formula is C14H16Cl2N2. The van der Waals surface area contributed by atoms with Crippen molar-refractivity contribution in [1.29, 1.82) is 0 Å². The van der Waals surface area contributed by atoms with E-state index < -0.39 is 0 Å². The fraction of sp³-hybridized carbons (Fsp3) is 0.429. The first-order valence-electron chi connectivity index (χ1n) is 6.41. The number of nitrogens with one attached hydrogen (secondary N) is 2. The van der Waals surface area contributed by atoms with Gasteiger partial charge in [-0.1, -0.05) is 30.1 Å². The topological polar surface area (TPSA) is 27.8 Å². The number of aryl methyl sites for hydroxylation is 1. The zero-order chi connectivity index (χ0) is 12.7. The average molecular weight is 283 g/mol. The van der Waals surface area contributed by atoms with Gasteiger partial charge in [0.05, 0.1) is 10.5 Å². The highest BCUT2D eigenvalue weighted by molar-refractivity contribution is 6.38. The molecule has 0 saturated carbocycles. The number of rotatable bonds is 2. The van der Waals surface area contributed by atoms with E-state index in [-0.39, 0.29) is 0 Å². The summed E-state index contributed by atoms with van der Waals surface area (Å²) in [5.41, 5.74) is 3.73. The predicted octanol–water partition coefficient (Wildman–Crippen LogP) is 3.94. The fourth-order valence-electron chi connectivity index (χ4n) is 2.90. The van der Waals surface area contributed by atoms with Gasteiger partial charge in [0.15, 0.2) is 0 Å². The first kappa shape index (κ1) is 12.3. The minimum Gasteiger partial charge on any atom is -0.357 e. The van der Waals surface area contributed by atoms with Crippen LogP contribution < -0.4 is 5.32 Å². The number of H-pyrrole nitrogens is 1. The number of halogens is 2. The van der Waals surface area contributed by atoms with Crippen LogP contribution in [0.5, 0.6) is 0 Å². The number of fused-ring (bicyclic) bond motifs is 3. The van der Waals surface area contributed by atoms with E-state index in [1.165, 1.54) is 23.1 Å². The lowest BCUT2D eigenvalue weighted by Gasteiger charge is -2.23. The van der Waals surface area contributed by atoms with Crippen molar-refractivity contribution in [3.63, 3.8) is 0 Å². The van der Waals surface area contributed by atoms with E-state index in [0.717, 1.165) is 24.9 Å². The van der Waals surface area contributed by atoms with Crippen molar-refractivity contribution in [2.75, 3.05) is 6.54 Å². The Morgan fingerprint density at radius 3 is 3.00 bits per heavy atom. The number of hydrogen-bond donors (Lipinski definition) is 2. The summed E-state index contributed by atoms with van der Waals surface area (Å²) in [6, 6.07) is 4.39. The summed E-state index contributed by atoms with van der Waals surface area (Å²) in [6.45, 7) is 3.17. The molecule has 2 aromatic rings. The maximum Gasteiger partial charge on any atom is 0.0662 e. The van der Waals surface area contributed by atoms with Crippen LogP contribution in [-0.4, -0.2) is 17.6 Å². The first-order valence-corrected chi connectivity index (χ1v) is 7.16. The van der Waals surface area contributed by atoms with Gasteiger partial charge in [0.1, 0.15) is 0 Å². The lowest BCUT2D eigenvalue weighted by atomic mass is 9.91. The normalized spacial score (nSPS) is 19.2. The lowest BCUT2D eigenvalue weighted by molar-refractivity contribution is 0.470. The molecule has 1 aromatic heterocycles. The van der Waals surface area contributed by atoms with Gasteiger partial charge in [0.2, 0.25) is 0 Å². The summed E-state index contributed by atoms with van der Waals surface area (Å²) in [6.07, 6.45) is 3.31. The number of hydrogen-bond acceptors (Lipinski definition) is 1. The summed E-state index contributed by atoms with van der Waals surface area (Å²) in [5.74, 6) is 0. The summed E-state index contributed by atoms with van der Waals surface area (Å²) >= 11 is 12.4. The highest BCUT2D eigenvalue weighted by atomic mass is 35.5. The predicted molar refractivity (Wildman–Crippen MR) is 77.8 cm³/mol. The molecule has 4 heteroatoms. The lowest BCUT2D eigenvalue weighted by Crippen LogP contribution is -2.34. The number of benzene rings is 1. The molecule has 0 bridgehead atoms. The molecule has 2 nitrogen and oxygen atoms in total. The molecule has 0 fully saturated rings. The summed E-state index contributed by atoms with van der Waals surface area (Å²) in [7, 11) is 0. The second-order valence-electron chi connectivity index (χ2n) is 4.89. The van der Waals surface area contributed by atoms with Gasteiger partial charge in [-0.15, -0.1) is 0 Å². The van der Waals surface area contributed by atoms with E-state index in [4.69, 9.17) is 23.2 Å². The SMILES string of the molecule is CCNC1CCc2[nH]c3c(Cl)cc(Cl)cc3c2C1. The summed E-state index contributed by atoms with van der Waals surface area (Å²) in [4.78, 5) is 3.46. The Morgan fingerprint density at radius 1 is 1.39 bits per heavy atom. The molecule has 1 aliphatic carbocycles.